The molecular weight excluding hydrogens is 533 g/mol. The summed E-state index contributed by atoms with van der Waals surface area (Å²) in [7, 11) is 1.83. The first kappa shape index (κ1) is 28.1. The molecule has 2 fully saturated rings. The first-order valence-corrected chi connectivity index (χ1v) is 12.9. The Hall–Kier alpha value is -1.91. The number of rotatable bonds is 7. The number of alkyl halides is 3. The number of carbonyl (C=O) groups excluding carboxylic acids is 1. The second-order valence-corrected chi connectivity index (χ2v) is 10.4. The van der Waals surface area contributed by atoms with Crippen molar-refractivity contribution in [2.24, 2.45) is 0 Å². The van der Waals surface area contributed by atoms with Gasteiger partial charge in [-0.05, 0) is 42.4 Å². The van der Waals surface area contributed by atoms with Gasteiger partial charge in [0.05, 0.1) is 28.8 Å². The van der Waals surface area contributed by atoms with E-state index in [1.54, 1.807) is 12.1 Å². The molecule has 0 saturated carbocycles. The molecule has 5 nitrogen and oxygen atoms in total. The van der Waals surface area contributed by atoms with Gasteiger partial charge in [0, 0.05) is 57.6 Å². The highest BCUT2D eigenvalue weighted by molar-refractivity contribution is 6.42. The lowest BCUT2D eigenvalue weighted by molar-refractivity contribution is -0.140. The summed E-state index contributed by atoms with van der Waals surface area (Å²) in [6, 6.07) is 8.20. The van der Waals surface area contributed by atoms with Crippen LogP contribution in [0.2, 0.25) is 10.0 Å². The van der Waals surface area contributed by atoms with E-state index >= 15 is 0 Å². The van der Waals surface area contributed by atoms with Crippen LogP contribution in [0, 0.1) is 5.82 Å². The van der Waals surface area contributed by atoms with E-state index in [4.69, 9.17) is 27.9 Å². The van der Waals surface area contributed by atoms with Crippen LogP contribution in [-0.4, -0.2) is 79.6 Å². The summed E-state index contributed by atoms with van der Waals surface area (Å²) in [6.07, 6.45) is -4.37. The highest BCUT2D eigenvalue weighted by atomic mass is 35.5. The normalized spacial score (nSPS) is 21.1. The molecule has 4 rings (SSSR count). The van der Waals surface area contributed by atoms with Gasteiger partial charge >= 0.3 is 6.18 Å². The van der Waals surface area contributed by atoms with E-state index < -0.39 is 17.6 Å². The number of halogens is 6. The molecule has 2 heterocycles. The van der Waals surface area contributed by atoms with Crippen LogP contribution < -0.4 is 0 Å². The van der Waals surface area contributed by atoms with Gasteiger partial charge in [-0.1, -0.05) is 35.3 Å². The Labute approximate surface area is 223 Å². The van der Waals surface area contributed by atoms with E-state index in [-0.39, 0.29) is 24.4 Å². The molecule has 2 saturated heterocycles. The summed E-state index contributed by atoms with van der Waals surface area (Å²) < 4.78 is 58.5. The molecule has 202 valence electrons. The first-order chi connectivity index (χ1) is 17.5. The fourth-order valence-electron chi connectivity index (χ4n) is 5.04. The molecule has 2 aliphatic heterocycles. The molecule has 2 aromatic carbocycles. The molecule has 2 aliphatic rings. The van der Waals surface area contributed by atoms with Crippen LogP contribution in [0.1, 0.15) is 29.0 Å². The fourth-order valence-corrected chi connectivity index (χ4v) is 5.34. The number of amides is 1. The molecule has 2 atom stereocenters. The molecule has 2 aromatic rings. The van der Waals surface area contributed by atoms with Crippen molar-refractivity contribution < 1.29 is 27.1 Å². The standard InChI is InChI=1S/C26H29Cl2F4N3O2/c1-33(14-17-2-4-20(23(29)12-17)26(30,31)32)24-16-35(25(36)6-7-34-8-10-37-11-9-34)15-19(24)18-3-5-21(27)22(28)13-18/h2-5,12-13,19,24H,6-11,14-16H2,1H3. The molecule has 0 spiro atoms. The average molecular weight is 562 g/mol. The lowest BCUT2D eigenvalue weighted by Gasteiger charge is -2.29. The van der Waals surface area contributed by atoms with E-state index in [0.29, 0.717) is 54.9 Å². The van der Waals surface area contributed by atoms with Crippen molar-refractivity contribution in [1.82, 2.24) is 14.7 Å². The minimum Gasteiger partial charge on any atom is -0.379 e. The zero-order valence-corrected chi connectivity index (χ0v) is 21.9. The van der Waals surface area contributed by atoms with Gasteiger partial charge in [0.15, 0.2) is 0 Å². The maximum atomic E-state index is 14.2. The Kier molecular flexibility index (Phi) is 9.01. The van der Waals surface area contributed by atoms with Gasteiger partial charge in [-0.15, -0.1) is 0 Å². The number of ether oxygens (including phenoxy) is 1. The molecule has 1 amide bonds. The van der Waals surface area contributed by atoms with Crippen molar-refractivity contribution in [3.63, 3.8) is 0 Å². The fraction of sp³-hybridized carbons (Fsp3) is 0.500. The van der Waals surface area contributed by atoms with Crippen LogP contribution in [0.5, 0.6) is 0 Å². The second kappa shape index (κ2) is 11.9. The number of hydrogen-bond donors (Lipinski definition) is 0. The van der Waals surface area contributed by atoms with Gasteiger partial charge in [-0.2, -0.15) is 13.2 Å². The first-order valence-electron chi connectivity index (χ1n) is 12.1. The lowest BCUT2D eigenvalue weighted by Crippen LogP contribution is -2.40. The lowest BCUT2D eigenvalue weighted by atomic mass is 9.93. The number of likely N-dealkylation sites (N-methyl/N-ethyl adjacent to an activating group) is 1. The molecule has 11 heteroatoms. The Bertz CT molecular complexity index is 1110. The minimum atomic E-state index is -4.75. The highest BCUT2D eigenvalue weighted by Gasteiger charge is 2.39. The summed E-state index contributed by atoms with van der Waals surface area (Å²) in [5, 5.41) is 0.828. The van der Waals surface area contributed by atoms with Gasteiger partial charge in [-0.25, -0.2) is 4.39 Å². The second-order valence-electron chi connectivity index (χ2n) is 9.58. The number of nitrogens with zero attached hydrogens (tertiary/aromatic N) is 3. The van der Waals surface area contributed by atoms with Crippen molar-refractivity contribution >= 4 is 29.1 Å². The smallest absolute Gasteiger partial charge is 0.379 e. The van der Waals surface area contributed by atoms with Gasteiger partial charge in [0.2, 0.25) is 5.91 Å². The van der Waals surface area contributed by atoms with Crippen LogP contribution in [0.3, 0.4) is 0 Å². The van der Waals surface area contributed by atoms with Gasteiger partial charge in [-0.3, -0.25) is 14.6 Å². The quantitative estimate of drug-likeness (QED) is 0.430. The Balaban J connectivity index is 1.50. The largest absolute Gasteiger partial charge is 0.419 e. The van der Waals surface area contributed by atoms with Crippen molar-refractivity contribution in [3.05, 3.63) is 69.0 Å². The van der Waals surface area contributed by atoms with E-state index in [1.807, 2.05) is 22.9 Å². The molecular formula is C26H29Cl2F4N3O2. The van der Waals surface area contributed by atoms with Gasteiger partial charge < -0.3 is 9.64 Å². The molecule has 0 N–H and O–H groups in total. The maximum Gasteiger partial charge on any atom is 0.419 e. The third-order valence-corrected chi connectivity index (χ3v) is 7.84. The topological polar surface area (TPSA) is 36.0 Å². The van der Waals surface area contributed by atoms with Crippen molar-refractivity contribution in [1.29, 1.82) is 0 Å². The number of likely N-dealkylation sites (tertiary alicyclic amines) is 1. The van der Waals surface area contributed by atoms with Crippen LogP contribution in [0.4, 0.5) is 17.6 Å². The summed E-state index contributed by atoms with van der Waals surface area (Å²) in [4.78, 5) is 19.1. The van der Waals surface area contributed by atoms with Gasteiger partial charge in [0.1, 0.15) is 5.82 Å². The summed E-state index contributed by atoms with van der Waals surface area (Å²) in [6.45, 7) is 4.70. The third kappa shape index (κ3) is 6.95. The highest BCUT2D eigenvalue weighted by Crippen LogP contribution is 2.36. The summed E-state index contributed by atoms with van der Waals surface area (Å²) >= 11 is 12.4. The number of morpholine rings is 1. The Morgan fingerprint density at radius 3 is 2.46 bits per heavy atom. The molecule has 0 bridgehead atoms. The van der Waals surface area contributed by atoms with Crippen molar-refractivity contribution in [2.75, 3.05) is 53.0 Å². The van der Waals surface area contributed by atoms with Crippen LogP contribution in [0.15, 0.2) is 36.4 Å². The Morgan fingerprint density at radius 2 is 1.81 bits per heavy atom. The van der Waals surface area contributed by atoms with Crippen molar-refractivity contribution in [3.8, 4) is 0 Å². The maximum absolute atomic E-state index is 14.2. The van der Waals surface area contributed by atoms with E-state index in [9.17, 15) is 22.4 Å². The Morgan fingerprint density at radius 1 is 1.08 bits per heavy atom. The molecule has 0 aromatic heterocycles. The average Bonchev–Trinajstić information content (AvgIpc) is 3.30. The van der Waals surface area contributed by atoms with E-state index in [2.05, 4.69) is 4.90 Å². The zero-order chi connectivity index (χ0) is 26.7. The van der Waals surface area contributed by atoms with E-state index in [0.717, 1.165) is 30.8 Å². The van der Waals surface area contributed by atoms with Crippen LogP contribution in [-0.2, 0) is 22.3 Å². The molecule has 0 radical (unpaired) electrons. The number of carbonyl (C=O) groups is 1. The minimum absolute atomic E-state index is 0.0352. The van der Waals surface area contributed by atoms with Crippen molar-refractivity contribution in [2.45, 2.75) is 31.1 Å². The predicted molar refractivity (Wildman–Crippen MR) is 134 cm³/mol. The molecule has 2 unspecified atom stereocenters. The predicted octanol–water partition coefficient (Wildman–Crippen LogP) is 5.30. The van der Waals surface area contributed by atoms with Crippen LogP contribution in [0.25, 0.3) is 0 Å². The third-order valence-electron chi connectivity index (χ3n) is 7.10. The molecule has 37 heavy (non-hydrogen) atoms. The van der Waals surface area contributed by atoms with Gasteiger partial charge in [0.25, 0.3) is 0 Å². The summed E-state index contributed by atoms with van der Waals surface area (Å²) in [5.74, 6) is -1.37. The number of hydrogen-bond acceptors (Lipinski definition) is 4. The number of benzene rings is 2. The van der Waals surface area contributed by atoms with E-state index in [1.165, 1.54) is 6.07 Å². The zero-order valence-electron chi connectivity index (χ0n) is 20.4. The monoisotopic (exact) mass is 561 g/mol. The SMILES string of the molecule is CN(Cc1ccc(C(F)(F)F)c(F)c1)C1CN(C(=O)CCN2CCOCC2)CC1c1ccc(Cl)c(Cl)c1. The summed E-state index contributed by atoms with van der Waals surface area (Å²) in [5.41, 5.74) is 0.0387. The van der Waals surface area contributed by atoms with Crippen LogP contribution >= 0.6 is 23.2 Å². The molecule has 0 aliphatic carbocycles.